The second-order valence-electron chi connectivity index (χ2n) is 5.59. The summed E-state index contributed by atoms with van der Waals surface area (Å²) >= 11 is 0. The predicted molar refractivity (Wildman–Crippen MR) is 77.0 cm³/mol. The highest BCUT2D eigenvalue weighted by Crippen LogP contribution is 2.43. The molecule has 2 rings (SSSR count). The first-order valence-electron chi connectivity index (χ1n) is 6.60. The van der Waals surface area contributed by atoms with Crippen LogP contribution in [-0.4, -0.2) is 39.6 Å². The highest BCUT2D eigenvalue weighted by atomic mass is 32.2. The van der Waals surface area contributed by atoms with E-state index in [4.69, 9.17) is 18.8 Å². The molecule has 1 aromatic carbocycles. The third kappa shape index (κ3) is 3.74. The maximum absolute atomic E-state index is 11.0. The molecule has 0 saturated carbocycles. The van der Waals surface area contributed by atoms with Gasteiger partial charge in [0.1, 0.15) is 11.5 Å². The first kappa shape index (κ1) is 16.2. The fraction of sp³-hybridized carbons (Fsp3) is 0.571. The number of methoxy groups -OCH3 is 1. The predicted octanol–water partition coefficient (Wildman–Crippen LogP) is 1.73. The zero-order valence-electron chi connectivity index (χ0n) is 12.3. The molecule has 1 unspecified atom stereocenters. The lowest BCUT2D eigenvalue weighted by atomic mass is 9.85. The van der Waals surface area contributed by atoms with Crippen molar-refractivity contribution in [1.82, 2.24) is 0 Å². The molecule has 0 radical (unpaired) electrons. The van der Waals surface area contributed by atoms with E-state index in [0.717, 1.165) is 5.56 Å². The minimum Gasteiger partial charge on any atom is -0.464 e. The summed E-state index contributed by atoms with van der Waals surface area (Å²) in [6, 6.07) is 5.07. The van der Waals surface area contributed by atoms with Gasteiger partial charge in [0.2, 0.25) is 6.29 Å². The third-order valence-electron chi connectivity index (χ3n) is 3.47. The van der Waals surface area contributed by atoms with Gasteiger partial charge < -0.3 is 14.2 Å². The number of hydrogen-bond donors (Lipinski definition) is 1. The molecule has 1 N–H and O–H groups in total. The van der Waals surface area contributed by atoms with E-state index in [1.807, 2.05) is 13.8 Å². The van der Waals surface area contributed by atoms with Crippen molar-refractivity contribution < 1.29 is 27.2 Å². The normalized spacial score (nSPS) is 20.1. The van der Waals surface area contributed by atoms with Crippen LogP contribution in [0.4, 0.5) is 0 Å². The Morgan fingerprint density at radius 2 is 2.05 bits per heavy atom. The van der Waals surface area contributed by atoms with Crippen LogP contribution in [-0.2, 0) is 30.8 Å². The van der Waals surface area contributed by atoms with Crippen LogP contribution < -0.4 is 4.74 Å². The molecule has 0 aliphatic carbocycles. The van der Waals surface area contributed by atoms with E-state index < -0.39 is 27.6 Å². The summed E-state index contributed by atoms with van der Waals surface area (Å²) in [4.78, 5) is 0. The molecule has 1 aliphatic heterocycles. The fourth-order valence-corrected chi connectivity index (χ4v) is 2.96. The van der Waals surface area contributed by atoms with Gasteiger partial charge in [0, 0.05) is 12.7 Å². The van der Waals surface area contributed by atoms with Gasteiger partial charge in [0.05, 0.1) is 18.6 Å². The van der Waals surface area contributed by atoms with E-state index in [2.05, 4.69) is 0 Å². The Balaban J connectivity index is 2.21. The average molecular weight is 316 g/mol. The van der Waals surface area contributed by atoms with Crippen LogP contribution in [0.5, 0.6) is 5.75 Å². The van der Waals surface area contributed by atoms with Gasteiger partial charge in [-0.25, -0.2) is 0 Å². The maximum Gasteiger partial charge on any atom is 0.269 e. The second-order valence-corrected chi connectivity index (χ2v) is 7.04. The first-order chi connectivity index (χ1) is 9.74. The van der Waals surface area contributed by atoms with Crippen molar-refractivity contribution in [1.29, 1.82) is 0 Å². The Morgan fingerprint density at radius 3 is 2.67 bits per heavy atom. The smallest absolute Gasteiger partial charge is 0.269 e. The molecular weight excluding hydrogens is 296 g/mol. The molecule has 21 heavy (non-hydrogen) atoms. The molecule has 0 aromatic heterocycles. The second kappa shape index (κ2) is 5.92. The standard InChI is InChI=1S/C14H20O6S/c1-14(2)11-8-10(9-21(15,16)17)4-5-12(11)20-13(14)19-7-6-18-3/h4-5,8,13H,6-7,9H2,1-3H3,(H,15,16,17). The lowest BCUT2D eigenvalue weighted by Crippen LogP contribution is -2.35. The Bertz CT molecular complexity index is 608. The lowest BCUT2D eigenvalue weighted by molar-refractivity contribution is -0.112. The molecule has 1 aromatic rings. The van der Waals surface area contributed by atoms with Crippen molar-refractivity contribution in [2.24, 2.45) is 0 Å². The Hall–Kier alpha value is -1.15. The molecule has 6 nitrogen and oxygen atoms in total. The van der Waals surface area contributed by atoms with Gasteiger partial charge in [-0.05, 0) is 25.5 Å². The number of fused-ring (bicyclic) bond motifs is 1. The zero-order chi connectivity index (χ0) is 15.7. The number of benzene rings is 1. The van der Waals surface area contributed by atoms with E-state index in [1.54, 1.807) is 25.3 Å². The molecular formula is C14H20O6S. The highest BCUT2D eigenvalue weighted by Gasteiger charge is 2.42. The van der Waals surface area contributed by atoms with Gasteiger partial charge in [0.15, 0.2) is 0 Å². The van der Waals surface area contributed by atoms with Crippen LogP contribution in [0.25, 0.3) is 0 Å². The average Bonchev–Trinajstić information content (AvgIpc) is 2.60. The van der Waals surface area contributed by atoms with Gasteiger partial charge in [0.25, 0.3) is 10.1 Å². The molecule has 1 aliphatic rings. The number of ether oxygens (including phenoxy) is 3. The Labute approximate surface area is 124 Å². The fourth-order valence-electron chi connectivity index (χ4n) is 2.35. The summed E-state index contributed by atoms with van der Waals surface area (Å²) in [6.07, 6.45) is -0.455. The summed E-state index contributed by atoms with van der Waals surface area (Å²) in [5, 5.41) is 0. The molecule has 7 heteroatoms. The highest BCUT2D eigenvalue weighted by molar-refractivity contribution is 7.85. The molecule has 1 heterocycles. The molecule has 118 valence electrons. The van der Waals surface area contributed by atoms with E-state index in [1.165, 1.54) is 0 Å². The summed E-state index contributed by atoms with van der Waals surface area (Å²) in [5.41, 5.74) is 0.967. The van der Waals surface area contributed by atoms with E-state index >= 15 is 0 Å². The molecule has 0 fully saturated rings. The molecule has 0 saturated heterocycles. The van der Waals surface area contributed by atoms with Crippen LogP contribution in [0.15, 0.2) is 18.2 Å². The van der Waals surface area contributed by atoms with Crippen molar-refractivity contribution in [3.63, 3.8) is 0 Å². The molecule has 0 bridgehead atoms. The Morgan fingerprint density at radius 1 is 1.33 bits per heavy atom. The van der Waals surface area contributed by atoms with E-state index in [9.17, 15) is 8.42 Å². The summed E-state index contributed by atoms with van der Waals surface area (Å²) in [7, 11) is -2.45. The van der Waals surface area contributed by atoms with Crippen molar-refractivity contribution >= 4 is 10.1 Å². The maximum atomic E-state index is 11.0. The van der Waals surface area contributed by atoms with Gasteiger partial charge in [-0.2, -0.15) is 8.42 Å². The summed E-state index contributed by atoms with van der Waals surface area (Å²) in [6.45, 7) is 4.82. The minimum atomic E-state index is -4.05. The SMILES string of the molecule is COCCOC1Oc2ccc(CS(=O)(=O)O)cc2C1(C)C. The van der Waals surface area contributed by atoms with Gasteiger partial charge in [-0.15, -0.1) is 0 Å². The van der Waals surface area contributed by atoms with Gasteiger partial charge >= 0.3 is 0 Å². The number of rotatable bonds is 6. The van der Waals surface area contributed by atoms with Crippen molar-refractivity contribution in [2.45, 2.75) is 31.3 Å². The largest absolute Gasteiger partial charge is 0.464 e. The molecule has 1 atom stereocenters. The van der Waals surface area contributed by atoms with Crippen LogP contribution >= 0.6 is 0 Å². The minimum absolute atomic E-state index is 0.411. The Kier molecular flexibility index (Phi) is 4.57. The van der Waals surface area contributed by atoms with E-state index in [0.29, 0.717) is 24.5 Å². The summed E-state index contributed by atoms with van der Waals surface area (Å²) in [5.74, 6) is 0.257. The van der Waals surface area contributed by atoms with Crippen molar-refractivity contribution in [3.8, 4) is 5.75 Å². The molecule has 0 spiro atoms. The van der Waals surface area contributed by atoms with Crippen LogP contribution in [0.2, 0.25) is 0 Å². The monoisotopic (exact) mass is 316 g/mol. The number of hydrogen-bond acceptors (Lipinski definition) is 5. The first-order valence-corrected chi connectivity index (χ1v) is 8.21. The molecule has 0 amide bonds. The van der Waals surface area contributed by atoms with Gasteiger partial charge in [-0.3, -0.25) is 4.55 Å². The van der Waals surface area contributed by atoms with Gasteiger partial charge in [-0.1, -0.05) is 12.1 Å². The topological polar surface area (TPSA) is 82.1 Å². The van der Waals surface area contributed by atoms with Crippen molar-refractivity contribution in [3.05, 3.63) is 29.3 Å². The van der Waals surface area contributed by atoms with Crippen LogP contribution in [0.1, 0.15) is 25.0 Å². The quantitative estimate of drug-likeness (QED) is 0.636. The zero-order valence-corrected chi connectivity index (χ0v) is 13.1. The van der Waals surface area contributed by atoms with Crippen LogP contribution in [0, 0.1) is 0 Å². The van der Waals surface area contributed by atoms with Crippen molar-refractivity contribution in [2.75, 3.05) is 20.3 Å². The third-order valence-corrected chi connectivity index (χ3v) is 4.17. The van der Waals surface area contributed by atoms with Crippen LogP contribution in [0.3, 0.4) is 0 Å². The summed E-state index contributed by atoms with van der Waals surface area (Å²) < 4.78 is 47.3. The lowest BCUT2D eigenvalue weighted by Gasteiger charge is -2.25. The van der Waals surface area contributed by atoms with E-state index in [-0.39, 0.29) is 0 Å².